The third-order valence-electron chi connectivity index (χ3n) is 3.27. The summed E-state index contributed by atoms with van der Waals surface area (Å²) in [6, 6.07) is 9.22. The quantitative estimate of drug-likeness (QED) is 0.465. The molecule has 114 valence electrons. The van der Waals surface area contributed by atoms with E-state index in [1.807, 2.05) is 0 Å². The molecular formula is C15H7F6N. The Bertz CT molecular complexity index is 848. The highest BCUT2D eigenvalue weighted by Gasteiger charge is 2.41. The van der Waals surface area contributed by atoms with E-state index in [1.54, 1.807) is 30.3 Å². The van der Waals surface area contributed by atoms with Gasteiger partial charge in [-0.05, 0) is 11.6 Å². The molecule has 0 amide bonds. The van der Waals surface area contributed by atoms with Gasteiger partial charge in [0.15, 0.2) is 11.6 Å². The molecule has 0 bridgehead atoms. The van der Waals surface area contributed by atoms with Crippen molar-refractivity contribution in [2.45, 2.75) is 6.18 Å². The maximum atomic E-state index is 14.0. The standard InChI is InChI=1S/C15H7F6N/c16-11-8-6-9(7-4-2-1-3-5-7)22-14(8)13(18)12(17)10(11)15(19,20)21/h1-6,22H. The van der Waals surface area contributed by atoms with Crippen molar-refractivity contribution in [3.8, 4) is 11.3 Å². The summed E-state index contributed by atoms with van der Waals surface area (Å²) in [6.45, 7) is 0. The van der Waals surface area contributed by atoms with Crippen LogP contribution in [0.5, 0.6) is 0 Å². The lowest BCUT2D eigenvalue weighted by Gasteiger charge is -2.10. The molecule has 0 aliphatic carbocycles. The lowest BCUT2D eigenvalue weighted by molar-refractivity contribution is -0.142. The predicted octanol–water partition coefficient (Wildman–Crippen LogP) is 5.27. The van der Waals surface area contributed by atoms with Gasteiger partial charge in [0.05, 0.1) is 5.52 Å². The predicted molar refractivity (Wildman–Crippen MR) is 68.6 cm³/mol. The monoisotopic (exact) mass is 315 g/mol. The summed E-state index contributed by atoms with van der Waals surface area (Å²) in [5, 5.41) is -0.648. The smallest absolute Gasteiger partial charge is 0.352 e. The highest BCUT2D eigenvalue weighted by Crippen LogP contribution is 2.39. The molecule has 0 atom stereocenters. The van der Waals surface area contributed by atoms with Crippen molar-refractivity contribution in [1.82, 2.24) is 4.98 Å². The third-order valence-corrected chi connectivity index (χ3v) is 3.27. The fourth-order valence-electron chi connectivity index (χ4n) is 2.27. The number of benzene rings is 2. The molecule has 0 saturated heterocycles. The van der Waals surface area contributed by atoms with Crippen molar-refractivity contribution in [2.75, 3.05) is 0 Å². The molecule has 0 fully saturated rings. The minimum absolute atomic E-state index is 0.187. The third kappa shape index (κ3) is 2.13. The Labute approximate surface area is 120 Å². The molecule has 0 saturated carbocycles. The minimum Gasteiger partial charge on any atom is -0.352 e. The van der Waals surface area contributed by atoms with Gasteiger partial charge in [0.25, 0.3) is 0 Å². The van der Waals surface area contributed by atoms with Gasteiger partial charge in [0.1, 0.15) is 11.4 Å². The van der Waals surface area contributed by atoms with Gasteiger partial charge in [0, 0.05) is 11.1 Å². The maximum absolute atomic E-state index is 14.0. The molecule has 2 aromatic carbocycles. The molecule has 1 nitrogen and oxygen atoms in total. The number of aromatic nitrogens is 1. The van der Waals surface area contributed by atoms with Crippen LogP contribution in [0.3, 0.4) is 0 Å². The molecule has 0 radical (unpaired) electrons. The Balaban J connectivity index is 2.34. The fraction of sp³-hybridized carbons (Fsp3) is 0.0667. The zero-order chi connectivity index (χ0) is 16.1. The van der Waals surface area contributed by atoms with Gasteiger partial charge < -0.3 is 4.98 Å². The summed E-state index contributed by atoms with van der Waals surface area (Å²) in [4.78, 5) is 2.42. The zero-order valence-electron chi connectivity index (χ0n) is 10.7. The van der Waals surface area contributed by atoms with E-state index >= 15 is 0 Å². The molecular weight excluding hydrogens is 308 g/mol. The molecule has 0 unspecified atom stereocenters. The van der Waals surface area contributed by atoms with Gasteiger partial charge in [-0.2, -0.15) is 13.2 Å². The fourth-order valence-corrected chi connectivity index (χ4v) is 2.27. The molecule has 1 heterocycles. The first-order valence-corrected chi connectivity index (χ1v) is 6.12. The second-order valence-electron chi connectivity index (χ2n) is 4.65. The van der Waals surface area contributed by atoms with E-state index < -0.39 is 40.1 Å². The summed E-state index contributed by atoms with van der Waals surface area (Å²) in [6.07, 6.45) is -5.33. The first-order valence-electron chi connectivity index (χ1n) is 6.12. The van der Waals surface area contributed by atoms with Gasteiger partial charge >= 0.3 is 6.18 Å². The number of aromatic amines is 1. The molecule has 3 rings (SSSR count). The van der Waals surface area contributed by atoms with Crippen LogP contribution in [0, 0.1) is 17.5 Å². The van der Waals surface area contributed by atoms with Crippen LogP contribution in [-0.4, -0.2) is 4.98 Å². The molecule has 1 aromatic heterocycles. The van der Waals surface area contributed by atoms with E-state index in [0.717, 1.165) is 6.07 Å². The topological polar surface area (TPSA) is 15.8 Å². The van der Waals surface area contributed by atoms with Gasteiger partial charge in [-0.3, -0.25) is 0 Å². The molecule has 1 N–H and O–H groups in total. The van der Waals surface area contributed by atoms with Crippen LogP contribution < -0.4 is 0 Å². The number of H-pyrrole nitrogens is 1. The SMILES string of the molecule is Fc1c(C(F)(F)F)c(F)c2cc(-c3ccccc3)[nH]c2c1F. The van der Waals surface area contributed by atoms with Gasteiger partial charge in [0.2, 0.25) is 0 Å². The Kier molecular flexibility index (Phi) is 3.16. The van der Waals surface area contributed by atoms with Gasteiger partial charge in [-0.25, -0.2) is 13.2 Å². The summed E-state index contributed by atoms with van der Waals surface area (Å²) in [5.74, 6) is -5.84. The average molecular weight is 315 g/mol. The second kappa shape index (κ2) is 4.79. The number of hydrogen-bond donors (Lipinski definition) is 1. The highest BCUT2D eigenvalue weighted by molar-refractivity contribution is 5.87. The van der Waals surface area contributed by atoms with Gasteiger partial charge in [-0.1, -0.05) is 30.3 Å². The number of hydrogen-bond acceptors (Lipinski definition) is 0. The van der Waals surface area contributed by atoms with Crippen LogP contribution in [-0.2, 0) is 6.18 Å². The van der Waals surface area contributed by atoms with E-state index in [2.05, 4.69) is 4.98 Å². The minimum atomic E-state index is -5.33. The average Bonchev–Trinajstić information content (AvgIpc) is 2.90. The van der Waals surface area contributed by atoms with Crippen molar-refractivity contribution in [2.24, 2.45) is 0 Å². The van der Waals surface area contributed by atoms with E-state index in [4.69, 9.17) is 0 Å². The highest BCUT2D eigenvalue weighted by atomic mass is 19.4. The van der Waals surface area contributed by atoms with E-state index in [9.17, 15) is 26.3 Å². The van der Waals surface area contributed by atoms with Crippen LogP contribution >= 0.6 is 0 Å². The van der Waals surface area contributed by atoms with Crippen molar-refractivity contribution in [3.63, 3.8) is 0 Å². The normalized spacial score (nSPS) is 12.1. The Hall–Kier alpha value is -2.44. The zero-order valence-corrected chi connectivity index (χ0v) is 10.7. The Morgan fingerprint density at radius 1 is 0.818 bits per heavy atom. The van der Waals surface area contributed by atoms with Crippen LogP contribution in [0.25, 0.3) is 22.2 Å². The first-order chi connectivity index (χ1) is 10.3. The van der Waals surface area contributed by atoms with Gasteiger partial charge in [-0.15, -0.1) is 0 Å². The second-order valence-corrected chi connectivity index (χ2v) is 4.65. The van der Waals surface area contributed by atoms with Crippen LogP contribution in [0.15, 0.2) is 36.4 Å². The molecule has 0 spiro atoms. The number of rotatable bonds is 1. The summed E-state index contributed by atoms with van der Waals surface area (Å²) < 4.78 is 79.4. The number of alkyl halides is 3. The van der Waals surface area contributed by atoms with Crippen LogP contribution in [0.2, 0.25) is 0 Å². The van der Waals surface area contributed by atoms with Crippen molar-refractivity contribution < 1.29 is 26.3 Å². The van der Waals surface area contributed by atoms with Crippen molar-refractivity contribution in [3.05, 3.63) is 59.4 Å². The van der Waals surface area contributed by atoms with Crippen LogP contribution in [0.4, 0.5) is 26.3 Å². The summed E-state index contributed by atoms with van der Waals surface area (Å²) in [5.41, 5.74) is -2.17. The summed E-state index contributed by atoms with van der Waals surface area (Å²) >= 11 is 0. The molecule has 3 aromatic rings. The number of nitrogens with one attached hydrogen (secondary N) is 1. The molecule has 0 aliphatic rings. The van der Waals surface area contributed by atoms with E-state index in [1.165, 1.54) is 0 Å². The maximum Gasteiger partial charge on any atom is 0.422 e. The Morgan fingerprint density at radius 2 is 1.45 bits per heavy atom. The molecule has 7 heteroatoms. The lowest BCUT2D eigenvalue weighted by atomic mass is 10.1. The van der Waals surface area contributed by atoms with Crippen molar-refractivity contribution in [1.29, 1.82) is 0 Å². The van der Waals surface area contributed by atoms with E-state index in [-0.39, 0.29) is 5.69 Å². The molecule has 22 heavy (non-hydrogen) atoms. The molecule has 0 aliphatic heterocycles. The van der Waals surface area contributed by atoms with Crippen LogP contribution in [0.1, 0.15) is 5.56 Å². The number of halogens is 6. The largest absolute Gasteiger partial charge is 0.422 e. The van der Waals surface area contributed by atoms with E-state index in [0.29, 0.717) is 5.56 Å². The number of fused-ring (bicyclic) bond motifs is 1. The van der Waals surface area contributed by atoms with Crippen molar-refractivity contribution >= 4 is 10.9 Å². The first kappa shape index (κ1) is 14.5. The Morgan fingerprint density at radius 3 is 2.05 bits per heavy atom. The summed E-state index contributed by atoms with van der Waals surface area (Å²) in [7, 11) is 0. The lowest BCUT2D eigenvalue weighted by Crippen LogP contribution is -2.13.